The summed E-state index contributed by atoms with van der Waals surface area (Å²) in [6.07, 6.45) is 4.70. The number of carbonyl (C=O) groups excluding carboxylic acids is 1. The smallest absolute Gasteiger partial charge is 0.255 e. The van der Waals surface area contributed by atoms with E-state index in [9.17, 15) is 9.59 Å². The molecule has 0 unspecified atom stereocenters. The van der Waals surface area contributed by atoms with Crippen LogP contribution in [0.4, 0.5) is 0 Å². The number of aromatic nitrogens is 1. The van der Waals surface area contributed by atoms with Crippen molar-refractivity contribution in [2.24, 2.45) is 0 Å². The van der Waals surface area contributed by atoms with Gasteiger partial charge in [-0.15, -0.1) is 13.2 Å². The van der Waals surface area contributed by atoms with Gasteiger partial charge in [-0.2, -0.15) is 0 Å². The van der Waals surface area contributed by atoms with Gasteiger partial charge < -0.3 is 9.88 Å². The van der Waals surface area contributed by atoms with Crippen molar-refractivity contribution in [1.29, 1.82) is 0 Å². The second-order valence-corrected chi connectivity index (χ2v) is 3.23. The Morgan fingerprint density at radius 3 is 2.38 bits per heavy atom. The first-order chi connectivity index (χ1) is 7.69. The standard InChI is InChI=1S/C12H14N2O2/c1-3-7-14(8-4-2)12(16)10-5-6-11(15)13-9-10/h3-6,9H,1-2,7-8H2,(H,13,15). The zero-order valence-corrected chi connectivity index (χ0v) is 8.98. The molecule has 1 rings (SSSR count). The second-order valence-electron chi connectivity index (χ2n) is 3.23. The predicted molar refractivity (Wildman–Crippen MR) is 63.4 cm³/mol. The molecular weight excluding hydrogens is 204 g/mol. The maximum atomic E-state index is 11.9. The van der Waals surface area contributed by atoms with Crippen LogP contribution in [0, 0.1) is 0 Å². The number of hydrogen-bond acceptors (Lipinski definition) is 2. The number of carbonyl (C=O) groups is 1. The molecule has 1 heterocycles. The molecule has 0 aliphatic heterocycles. The first-order valence-electron chi connectivity index (χ1n) is 4.89. The summed E-state index contributed by atoms with van der Waals surface area (Å²) >= 11 is 0. The van der Waals surface area contributed by atoms with Crippen LogP contribution in [-0.4, -0.2) is 28.9 Å². The monoisotopic (exact) mass is 218 g/mol. The molecule has 1 N–H and O–H groups in total. The normalized spacial score (nSPS) is 9.50. The van der Waals surface area contributed by atoms with E-state index < -0.39 is 0 Å². The molecule has 0 aliphatic rings. The molecule has 0 atom stereocenters. The molecule has 84 valence electrons. The third kappa shape index (κ3) is 2.95. The highest BCUT2D eigenvalue weighted by molar-refractivity contribution is 5.94. The van der Waals surface area contributed by atoms with Crippen molar-refractivity contribution in [3.63, 3.8) is 0 Å². The summed E-state index contributed by atoms with van der Waals surface area (Å²) in [5.41, 5.74) is 0.221. The molecule has 4 nitrogen and oxygen atoms in total. The maximum absolute atomic E-state index is 11.9. The average molecular weight is 218 g/mol. The van der Waals surface area contributed by atoms with Crippen LogP contribution in [0.5, 0.6) is 0 Å². The molecule has 0 aliphatic carbocycles. The molecule has 1 aromatic heterocycles. The van der Waals surface area contributed by atoms with Crippen molar-refractivity contribution in [3.05, 3.63) is 59.6 Å². The van der Waals surface area contributed by atoms with Gasteiger partial charge in [0.2, 0.25) is 5.56 Å². The third-order valence-electron chi connectivity index (χ3n) is 2.02. The molecule has 0 aromatic carbocycles. The summed E-state index contributed by atoms with van der Waals surface area (Å²) in [5, 5.41) is 0. The van der Waals surface area contributed by atoms with Crippen molar-refractivity contribution in [2.75, 3.05) is 13.1 Å². The van der Waals surface area contributed by atoms with Crippen molar-refractivity contribution in [2.45, 2.75) is 0 Å². The number of H-pyrrole nitrogens is 1. The fourth-order valence-electron chi connectivity index (χ4n) is 1.28. The lowest BCUT2D eigenvalue weighted by atomic mass is 10.2. The van der Waals surface area contributed by atoms with Gasteiger partial charge in [0.15, 0.2) is 0 Å². The number of nitrogens with zero attached hydrogens (tertiary/aromatic N) is 1. The van der Waals surface area contributed by atoms with Gasteiger partial charge in [0.25, 0.3) is 5.91 Å². The molecule has 1 amide bonds. The number of amides is 1. The van der Waals surface area contributed by atoms with Gasteiger partial charge in [-0.25, -0.2) is 0 Å². The Labute approximate surface area is 93.9 Å². The number of pyridine rings is 1. The minimum Gasteiger partial charge on any atom is -0.331 e. The van der Waals surface area contributed by atoms with Crippen molar-refractivity contribution < 1.29 is 4.79 Å². The van der Waals surface area contributed by atoms with E-state index in [2.05, 4.69) is 18.1 Å². The minimum atomic E-state index is -0.226. The topological polar surface area (TPSA) is 53.2 Å². The quantitative estimate of drug-likeness (QED) is 0.755. The lowest BCUT2D eigenvalue weighted by Crippen LogP contribution is -2.31. The Morgan fingerprint density at radius 2 is 1.94 bits per heavy atom. The van der Waals surface area contributed by atoms with Crippen molar-refractivity contribution in [3.8, 4) is 0 Å². The Kier molecular flexibility index (Phi) is 4.27. The Hall–Kier alpha value is -2.10. The molecule has 0 fully saturated rings. The molecule has 0 saturated heterocycles. The summed E-state index contributed by atoms with van der Waals surface area (Å²) in [7, 11) is 0. The zero-order valence-electron chi connectivity index (χ0n) is 8.98. The van der Waals surface area contributed by atoms with Crippen LogP contribution in [0.15, 0.2) is 48.4 Å². The third-order valence-corrected chi connectivity index (χ3v) is 2.02. The fraction of sp³-hybridized carbons (Fsp3) is 0.167. The Balaban J connectivity index is 2.88. The van der Waals surface area contributed by atoms with Gasteiger partial charge in [0, 0.05) is 25.4 Å². The van der Waals surface area contributed by atoms with E-state index in [0.717, 1.165) is 0 Å². The molecular formula is C12H14N2O2. The Bertz CT molecular complexity index is 418. The van der Waals surface area contributed by atoms with Crippen LogP contribution in [0.2, 0.25) is 0 Å². The predicted octanol–water partition coefficient (Wildman–Crippen LogP) is 1.19. The molecule has 0 saturated carbocycles. The molecule has 0 bridgehead atoms. The average Bonchev–Trinajstić information content (AvgIpc) is 2.29. The van der Waals surface area contributed by atoms with E-state index in [1.807, 2.05) is 0 Å². The van der Waals surface area contributed by atoms with E-state index in [0.29, 0.717) is 18.7 Å². The summed E-state index contributed by atoms with van der Waals surface area (Å²) in [6.45, 7) is 8.07. The lowest BCUT2D eigenvalue weighted by Gasteiger charge is -2.18. The first kappa shape index (κ1) is 12.0. The highest BCUT2D eigenvalue weighted by Gasteiger charge is 2.12. The number of aromatic amines is 1. The molecule has 16 heavy (non-hydrogen) atoms. The molecule has 0 spiro atoms. The number of hydrogen-bond donors (Lipinski definition) is 1. The first-order valence-corrected chi connectivity index (χ1v) is 4.89. The summed E-state index contributed by atoms with van der Waals surface area (Å²) in [4.78, 5) is 26.8. The van der Waals surface area contributed by atoms with Crippen LogP contribution < -0.4 is 5.56 Å². The van der Waals surface area contributed by atoms with E-state index in [-0.39, 0.29) is 11.5 Å². The summed E-state index contributed by atoms with van der Waals surface area (Å²) in [6, 6.07) is 2.83. The van der Waals surface area contributed by atoms with Gasteiger partial charge in [0.05, 0.1) is 5.56 Å². The van der Waals surface area contributed by atoms with Gasteiger partial charge in [-0.05, 0) is 6.07 Å². The van der Waals surface area contributed by atoms with Gasteiger partial charge in [-0.3, -0.25) is 9.59 Å². The SMILES string of the molecule is C=CCN(CC=C)C(=O)c1ccc(=O)[nH]c1. The van der Waals surface area contributed by atoms with Gasteiger partial charge >= 0.3 is 0 Å². The minimum absolute atomic E-state index is 0.156. The van der Waals surface area contributed by atoms with E-state index in [4.69, 9.17) is 0 Å². The number of rotatable bonds is 5. The van der Waals surface area contributed by atoms with Crippen LogP contribution in [0.1, 0.15) is 10.4 Å². The highest BCUT2D eigenvalue weighted by atomic mass is 16.2. The summed E-state index contributed by atoms with van der Waals surface area (Å²) in [5.74, 6) is -0.156. The van der Waals surface area contributed by atoms with E-state index >= 15 is 0 Å². The van der Waals surface area contributed by atoms with E-state index in [1.54, 1.807) is 17.1 Å². The van der Waals surface area contributed by atoms with Crippen molar-refractivity contribution in [1.82, 2.24) is 9.88 Å². The van der Waals surface area contributed by atoms with Gasteiger partial charge in [0.1, 0.15) is 0 Å². The van der Waals surface area contributed by atoms with Crippen LogP contribution in [0.3, 0.4) is 0 Å². The van der Waals surface area contributed by atoms with Crippen molar-refractivity contribution >= 4 is 5.91 Å². The summed E-state index contributed by atoms with van der Waals surface area (Å²) < 4.78 is 0. The van der Waals surface area contributed by atoms with Crippen LogP contribution in [-0.2, 0) is 0 Å². The molecule has 1 aromatic rings. The highest BCUT2D eigenvalue weighted by Crippen LogP contribution is 2.02. The number of nitrogens with one attached hydrogen (secondary N) is 1. The largest absolute Gasteiger partial charge is 0.331 e. The zero-order chi connectivity index (χ0) is 12.0. The van der Waals surface area contributed by atoms with Crippen LogP contribution >= 0.6 is 0 Å². The van der Waals surface area contributed by atoms with Gasteiger partial charge in [-0.1, -0.05) is 12.2 Å². The Morgan fingerprint density at radius 1 is 1.31 bits per heavy atom. The molecule has 4 heteroatoms. The van der Waals surface area contributed by atoms with Crippen LogP contribution in [0.25, 0.3) is 0 Å². The van der Waals surface area contributed by atoms with E-state index in [1.165, 1.54) is 18.3 Å². The second kappa shape index (κ2) is 5.70. The molecule has 0 radical (unpaired) electrons. The lowest BCUT2D eigenvalue weighted by molar-refractivity contribution is 0.0790. The maximum Gasteiger partial charge on any atom is 0.255 e. The fourth-order valence-corrected chi connectivity index (χ4v) is 1.28.